The van der Waals surface area contributed by atoms with Gasteiger partial charge in [0.2, 0.25) is 0 Å². The van der Waals surface area contributed by atoms with Gasteiger partial charge in [-0.05, 0) is 17.2 Å². The van der Waals surface area contributed by atoms with E-state index in [2.05, 4.69) is 10.5 Å². The lowest BCUT2D eigenvalue weighted by molar-refractivity contribution is -0.110. The molecule has 88 valence electrons. The average molecular weight is 238 g/mol. The molecule has 18 heavy (non-hydrogen) atoms. The van der Waals surface area contributed by atoms with E-state index in [-0.39, 0.29) is 11.6 Å². The quantitative estimate of drug-likeness (QED) is 0.592. The van der Waals surface area contributed by atoms with Crippen molar-refractivity contribution in [1.82, 2.24) is 0 Å². The molecule has 0 saturated carbocycles. The molecule has 0 atom stereocenters. The van der Waals surface area contributed by atoms with Gasteiger partial charge in [-0.2, -0.15) is 0 Å². The van der Waals surface area contributed by atoms with E-state index < -0.39 is 0 Å². The number of nitrogens with one attached hydrogen (secondary N) is 1. The normalized spacial score (nSPS) is 15.6. The number of carbonyl (C=O) groups excluding carboxylic acids is 1. The maximum Gasteiger partial charge on any atom is 0.278 e. The van der Waals surface area contributed by atoms with E-state index >= 15 is 0 Å². The number of rotatable bonds is 1. The Morgan fingerprint density at radius 3 is 2.50 bits per heavy atom. The van der Waals surface area contributed by atoms with E-state index in [1.807, 2.05) is 42.5 Å². The predicted octanol–water partition coefficient (Wildman–Crippen LogP) is 2.48. The highest BCUT2D eigenvalue weighted by Crippen LogP contribution is 2.33. The van der Waals surface area contributed by atoms with Gasteiger partial charge in [0.15, 0.2) is 5.71 Å². The van der Waals surface area contributed by atoms with Crippen LogP contribution in [0.1, 0.15) is 5.56 Å². The van der Waals surface area contributed by atoms with Crippen LogP contribution in [0.5, 0.6) is 0 Å². The third-order valence-electron chi connectivity index (χ3n) is 2.95. The van der Waals surface area contributed by atoms with E-state index in [9.17, 15) is 4.79 Å². The fraction of sp³-hybridized carbons (Fsp3) is 0. The third-order valence-corrected chi connectivity index (χ3v) is 2.95. The SMILES string of the molecule is O=C1Nc2cccc(-c3ccccc3)c2C1=NO. The molecule has 2 aromatic carbocycles. The summed E-state index contributed by atoms with van der Waals surface area (Å²) in [6.07, 6.45) is 0. The first-order valence-electron chi connectivity index (χ1n) is 5.53. The van der Waals surface area contributed by atoms with Crippen LogP contribution in [-0.2, 0) is 4.79 Å². The molecule has 0 saturated heterocycles. The maximum atomic E-state index is 11.6. The molecule has 0 radical (unpaired) electrons. The summed E-state index contributed by atoms with van der Waals surface area (Å²) >= 11 is 0. The van der Waals surface area contributed by atoms with Gasteiger partial charge >= 0.3 is 0 Å². The lowest BCUT2D eigenvalue weighted by Crippen LogP contribution is -2.14. The minimum Gasteiger partial charge on any atom is -0.410 e. The fourth-order valence-electron chi connectivity index (χ4n) is 2.16. The Bertz CT molecular complexity index is 648. The second-order valence-electron chi connectivity index (χ2n) is 4.00. The molecule has 4 heteroatoms. The van der Waals surface area contributed by atoms with Gasteiger partial charge in [-0.15, -0.1) is 0 Å². The first-order chi connectivity index (χ1) is 8.81. The van der Waals surface area contributed by atoms with Crippen LogP contribution in [0.2, 0.25) is 0 Å². The summed E-state index contributed by atoms with van der Waals surface area (Å²) in [5.74, 6) is -0.379. The van der Waals surface area contributed by atoms with Crippen molar-refractivity contribution in [2.75, 3.05) is 5.32 Å². The Morgan fingerprint density at radius 2 is 1.78 bits per heavy atom. The predicted molar refractivity (Wildman–Crippen MR) is 68.8 cm³/mol. The molecular weight excluding hydrogens is 228 g/mol. The number of hydrogen-bond donors (Lipinski definition) is 2. The second-order valence-corrected chi connectivity index (χ2v) is 4.00. The van der Waals surface area contributed by atoms with Crippen molar-refractivity contribution in [3.8, 4) is 11.1 Å². The van der Waals surface area contributed by atoms with Crippen molar-refractivity contribution in [3.05, 3.63) is 54.1 Å². The number of nitrogens with zero attached hydrogens (tertiary/aromatic N) is 1. The van der Waals surface area contributed by atoms with Crippen molar-refractivity contribution >= 4 is 17.3 Å². The summed E-state index contributed by atoms with van der Waals surface area (Å²) in [5.41, 5.74) is 3.24. The Hall–Kier alpha value is -2.62. The van der Waals surface area contributed by atoms with E-state index in [1.54, 1.807) is 6.07 Å². The molecule has 0 unspecified atom stereocenters. The van der Waals surface area contributed by atoms with Crippen molar-refractivity contribution in [2.24, 2.45) is 5.16 Å². The summed E-state index contributed by atoms with van der Waals surface area (Å²) in [4.78, 5) is 11.6. The van der Waals surface area contributed by atoms with E-state index in [0.717, 1.165) is 11.1 Å². The molecule has 0 aromatic heterocycles. The average Bonchev–Trinajstić information content (AvgIpc) is 2.74. The zero-order chi connectivity index (χ0) is 12.5. The minimum atomic E-state index is -0.379. The number of oxime groups is 1. The monoisotopic (exact) mass is 238 g/mol. The van der Waals surface area contributed by atoms with Crippen LogP contribution in [0.4, 0.5) is 5.69 Å². The molecule has 2 N–H and O–H groups in total. The molecule has 1 heterocycles. The molecule has 1 aliphatic heterocycles. The summed E-state index contributed by atoms with van der Waals surface area (Å²) in [6, 6.07) is 15.2. The van der Waals surface area contributed by atoms with Crippen LogP contribution >= 0.6 is 0 Å². The first kappa shape index (κ1) is 10.5. The van der Waals surface area contributed by atoms with E-state index in [4.69, 9.17) is 5.21 Å². The second kappa shape index (κ2) is 4.00. The van der Waals surface area contributed by atoms with Gasteiger partial charge in [0.05, 0.1) is 5.69 Å². The highest BCUT2D eigenvalue weighted by molar-refractivity contribution is 6.54. The summed E-state index contributed by atoms with van der Waals surface area (Å²) in [7, 11) is 0. The molecular formula is C14H10N2O2. The molecule has 3 rings (SSSR count). The lowest BCUT2D eigenvalue weighted by Gasteiger charge is -2.06. The standard InChI is InChI=1S/C14H10N2O2/c17-14-13(16-18)12-10(7-4-8-11(12)15-14)9-5-2-1-3-6-9/h1-8,18H,(H,15,16,17). The molecule has 4 nitrogen and oxygen atoms in total. The number of amides is 1. The van der Waals surface area contributed by atoms with Gasteiger partial charge < -0.3 is 10.5 Å². The van der Waals surface area contributed by atoms with Crippen molar-refractivity contribution < 1.29 is 10.0 Å². The van der Waals surface area contributed by atoms with Gasteiger partial charge in [-0.1, -0.05) is 47.6 Å². The molecule has 1 aliphatic rings. The first-order valence-corrected chi connectivity index (χ1v) is 5.53. The Kier molecular flexibility index (Phi) is 2.34. The molecule has 1 amide bonds. The Balaban J connectivity index is 2.26. The number of benzene rings is 2. The van der Waals surface area contributed by atoms with Gasteiger partial charge in [-0.25, -0.2) is 0 Å². The Morgan fingerprint density at radius 1 is 1.00 bits per heavy atom. The molecule has 0 fully saturated rings. The highest BCUT2D eigenvalue weighted by atomic mass is 16.4. The molecule has 0 bridgehead atoms. The maximum absolute atomic E-state index is 11.6. The van der Waals surface area contributed by atoms with Crippen LogP contribution in [0, 0.1) is 0 Å². The number of anilines is 1. The Labute approximate surface area is 104 Å². The largest absolute Gasteiger partial charge is 0.410 e. The molecule has 0 aliphatic carbocycles. The number of carbonyl (C=O) groups is 1. The fourth-order valence-corrected chi connectivity index (χ4v) is 2.16. The van der Waals surface area contributed by atoms with Crippen LogP contribution in [0.15, 0.2) is 53.7 Å². The van der Waals surface area contributed by atoms with Crippen LogP contribution in [0.25, 0.3) is 11.1 Å². The van der Waals surface area contributed by atoms with Crippen LogP contribution in [-0.4, -0.2) is 16.8 Å². The minimum absolute atomic E-state index is 0.0597. The van der Waals surface area contributed by atoms with Gasteiger partial charge in [-0.3, -0.25) is 4.79 Å². The summed E-state index contributed by atoms with van der Waals surface area (Å²) < 4.78 is 0. The third kappa shape index (κ3) is 1.47. The smallest absolute Gasteiger partial charge is 0.278 e. The van der Waals surface area contributed by atoms with Gasteiger partial charge in [0, 0.05) is 5.56 Å². The van der Waals surface area contributed by atoms with Crippen molar-refractivity contribution in [2.45, 2.75) is 0 Å². The number of hydrogen-bond acceptors (Lipinski definition) is 3. The topological polar surface area (TPSA) is 61.7 Å². The van der Waals surface area contributed by atoms with E-state index in [1.165, 1.54) is 0 Å². The van der Waals surface area contributed by atoms with Crippen molar-refractivity contribution in [1.29, 1.82) is 0 Å². The molecule has 2 aromatic rings. The lowest BCUT2D eigenvalue weighted by atomic mass is 9.97. The summed E-state index contributed by atoms with van der Waals surface area (Å²) in [5, 5.41) is 14.8. The van der Waals surface area contributed by atoms with Crippen molar-refractivity contribution in [3.63, 3.8) is 0 Å². The summed E-state index contributed by atoms with van der Waals surface area (Å²) in [6.45, 7) is 0. The van der Waals surface area contributed by atoms with E-state index in [0.29, 0.717) is 11.3 Å². The van der Waals surface area contributed by atoms with Crippen LogP contribution in [0.3, 0.4) is 0 Å². The molecule has 0 spiro atoms. The van der Waals surface area contributed by atoms with Gasteiger partial charge in [0.25, 0.3) is 5.91 Å². The highest BCUT2D eigenvalue weighted by Gasteiger charge is 2.29. The van der Waals surface area contributed by atoms with Crippen LogP contribution < -0.4 is 5.32 Å². The zero-order valence-corrected chi connectivity index (χ0v) is 9.42. The van der Waals surface area contributed by atoms with Gasteiger partial charge in [0.1, 0.15) is 0 Å². The number of fused-ring (bicyclic) bond motifs is 1. The zero-order valence-electron chi connectivity index (χ0n) is 9.42.